The second-order valence-electron chi connectivity index (χ2n) is 6.51. The Balaban J connectivity index is 2.21. The molecule has 0 bridgehead atoms. The van der Waals surface area contributed by atoms with Gasteiger partial charge in [0.25, 0.3) is 0 Å². The molecule has 2 heterocycles. The molecular formula is C17H20Cl2N4O2. The van der Waals surface area contributed by atoms with Gasteiger partial charge in [-0.2, -0.15) is 0 Å². The molecule has 0 spiro atoms. The highest BCUT2D eigenvalue weighted by Gasteiger charge is 2.18. The molecule has 2 rings (SSSR count). The van der Waals surface area contributed by atoms with Gasteiger partial charge in [0.2, 0.25) is 0 Å². The molecule has 8 heteroatoms. The predicted octanol–water partition coefficient (Wildman–Crippen LogP) is 5.49. The first kappa shape index (κ1) is 19.3. The minimum Gasteiger partial charge on any atom is -0.444 e. The molecule has 25 heavy (non-hydrogen) atoms. The van der Waals surface area contributed by atoms with Crippen LogP contribution in [0, 0.1) is 13.8 Å². The number of rotatable bonds is 3. The van der Waals surface area contributed by atoms with Crippen molar-refractivity contribution < 1.29 is 9.53 Å². The van der Waals surface area contributed by atoms with Crippen LogP contribution in [0.1, 0.15) is 32.2 Å². The Hall–Kier alpha value is -2.05. The molecule has 0 atom stereocenters. The fourth-order valence-corrected chi connectivity index (χ4v) is 2.62. The Labute approximate surface area is 156 Å². The lowest BCUT2D eigenvalue weighted by Gasteiger charge is -2.20. The number of halogens is 2. The highest BCUT2D eigenvalue weighted by atomic mass is 35.5. The van der Waals surface area contributed by atoms with E-state index >= 15 is 0 Å². The number of ether oxygens (including phenoxy) is 1. The number of aryl methyl sites for hydroxylation is 2. The van der Waals surface area contributed by atoms with E-state index in [0.717, 1.165) is 5.69 Å². The monoisotopic (exact) mass is 382 g/mol. The third kappa shape index (κ3) is 5.76. The molecule has 2 N–H and O–H groups in total. The van der Waals surface area contributed by atoms with Gasteiger partial charge in [-0.25, -0.2) is 14.8 Å². The molecular weight excluding hydrogens is 363 g/mol. The Morgan fingerprint density at radius 3 is 2.32 bits per heavy atom. The zero-order valence-corrected chi connectivity index (χ0v) is 16.2. The maximum absolute atomic E-state index is 11.8. The van der Waals surface area contributed by atoms with E-state index in [1.165, 1.54) is 6.07 Å². The fourth-order valence-electron chi connectivity index (χ4n) is 2.07. The molecule has 0 radical (unpaired) electrons. The molecule has 134 valence electrons. The van der Waals surface area contributed by atoms with Crippen LogP contribution < -0.4 is 10.6 Å². The molecule has 0 unspecified atom stereocenters. The highest BCUT2D eigenvalue weighted by Crippen LogP contribution is 2.30. The average Bonchev–Trinajstić information content (AvgIpc) is 2.39. The number of aromatic nitrogens is 2. The van der Waals surface area contributed by atoms with E-state index in [4.69, 9.17) is 27.9 Å². The standard InChI is InChI=1S/C17H20Cl2N4O2/c1-9-6-11(18)7-13(20-9)22-15-10(2)21-14(8-12(15)19)23-16(24)25-17(3,4)5/h6-8H,1-5H3,(H,20,22)(H,21,23,24). The van der Waals surface area contributed by atoms with Gasteiger partial charge in [-0.05, 0) is 46.8 Å². The summed E-state index contributed by atoms with van der Waals surface area (Å²) in [7, 11) is 0. The minimum absolute atomic E-state index is 0.303. The number of hydrogen-bond acceptors (Lipinski definition) is 5. The van der Waals surface area contributed by atoms with Gasteiger partial charge in [0.1, 0.15) is 17.2 Å². The molecule has 1 amide bonds. The zero-order chi connectivity index (χ0) is 18.8. The summed E-state index contributed by atoms with van der Waals surface area (Å²) in [5, 5.41) is 6.63. The lowest BCUT2D eigenvalue weighted by Crippen LogP contribution is -2.27. The summed E-state index contributed by atoms with van der Waals surface area (Å²) in [5.41, 5.74) is 1.36. The summed E-state index contributed by atoms with van der Waals surface area (Å²) in [6.07, 6.45) is -0.594. The Kier molecular flexibility index (Phi) is 5.75. The first-order chi connectivity index (χ1) is 11.5. The van der Waals surface area contributed by atoms with E-state index < -0.39 is 11.7 Å². The Bertz CT molecular complexity index is 760. The quantitative estimate of drug-likeness (QED) is 0.733. The molecule has 0 saturated heterocycles. The van der Waals surface area contributed by atoms with Gasteiger partial charge in [-0.15, -0.1) is 0 Å². The Morgan fingerprint density at radius 1 is 1.08 bits per heavy atom. The lowest BCUT2D eigenvalue weighted by molar-refractivity contribution is 0.0635. The van der Waals surface area contributed by atoms with Crippen molar-refractivity contribution in [2.45, 2.75) is 40.2 Å². The third-order valence-electron chi connectivity index (χ3n) is 2.95. The normalized spacial score (nSPS) is 11.2. The van der Waals surface area contributed by atoms with Crippen molar-refractivity contribution in [3.63, 3.8) is 0 Å². The maximum atomic E-state index is 11.8. The molecule has 6 nitrogen and oxygen atoms in total. The van der Waals surface area contributed by atoms with Gasteiger partial charge in [-0.3, -0.25) is 5.32 Å². The highest BCUT2D eigenvalue weighted by molar-refractivity contribution is 6.34. The fraction of sp³-hybridized carbons (Fsp3) is 0.353. The second-order valence-corrected chi connectivity index (χ2v) is 7.36. The van der Waals surface area contributed by atoms with Crippen molar-refractivity contribution in [2.75, 3.05) is 10.6 Å². The molecule has 0 aliphatic carbocycles. The van der Waals surface area contributed by atoms with Gasteiger partial charge in [0, 0.05) is 16.8 Å². The van der Waals surface area contributed by atoms with Crippen LogP contribution in [-0.2, 0) is 4.74 Å². The van der Waals surface area contributed by atoms with Crippen LogP contribution in [0.4, 0.5) is 22.1 Å². The lowest BCUT2D eigenvalue weighted by atomic mass is 10.2. The van der Waals surface area contributed by atoms with Crippen molar-refractivity contribution >= 4 is 46.6 Å². The summed E-state index contributed by atoms with van der Waals surface area (Å²) in [6.45, 7) is 8.96. The number of amides is 1. The van der Waals surface area contributed by atoms with Gasteiger partial charge in [-0.1, -0.05) is 23.2 Å². The van der Waals surface area contributed by atoms with Crippen LogP contribution in [0.5, 0.6) is 0 Å². The number of hydrogen-bond donors (Lipinski definition) is 2. The van der Waals surface area contributed by atoms with Crippen LogP contribution in [-0.4, -0.2) is 21.7 Å². The SMILES string of the molecule is Cc1cc(Cl)cc(Nc2c(Cl)cc(NC(=O)OC(C)(C)C)nc2C)n1. The van der Waals surface area contributed by atoms with Gasteiger partial charge < -0.3 is 10.1 Å². The molecule has 2 aromatic rings. The number of anilines is 3. The van der Waals surface area contributed by atoms with E-state index in [1.54, 1.807) is 39.8 Å². The first-order valence-corrected chi connectivity index (χ1v) is 8.37. The van der Waals surface area contributed by atoms with E-state index in [0.29, 0.717) is 33.1 Å². The van der Waals surface area contributed by atoms with Crippen LogP contribution in [0.2, 0.25) is 10.0 Å². The van der Waals surface area contributed by atoms with Crippen LogP contribution in [0.15, 0.2) is 18.2 Å². The summed E-state index contributed by atoms with van der Waals surface area (Å²) in [6, 6.07) is 4.99. The number of nitrogens with zero attached hydrogens (tertiary/aromatic N) is 2. The van der Waals surface area contributed by atoms with E-state index in [2.05, 4.69) is 20.6 Å². The second kappa shape index (κ2) is 7.45. The number of carbonyl (C=O) groups is 1. The largest absolute Gasteiger partial charge is 0.444 e. The van der Waals surface area contributed by atoms with Crippen LogP contribution >= 0.6 is 23.2 Å². The van der Waals surface area contributed by atoms with Gasteiger partial charge in [0.15, 0.2) is 0 Å². The van der Waals surface area contributed by atoms with Gasteiger partial charge >= 0.3 is 6.09 Å². The van der Waals surface area contributed by atoms with Crippen LogP contribution in [0.3, 0.4) is 0 Å². The van der Waals surface area contributed by atoms with Crippen molar-refractivity contribution in [1.29, 1.82) is 0 Å². The predicted molar refractivity (Wildman–Crippen MR) is 101 cm³/mol. The number of carbonyl (C=O) groups excluding carboxylic acids is 1. The summed E-state index contributed by atoms with van der Waals surface area (Å²) in [5.74, 6) is 0.863. The van der Waals surface area contributed by atoms with E-state index in [9.17, 15) is 4.79 Å². The molecule has 0 fully saturated rings. The third-order valence-corrected chi connectivity index (χ3v) is 3.47. The molecule has 0 aliphatic heterocycles. The smallest absolute Gasteiger partial charge is 0.413 e. The zero-order valence-electron chi connectivity index (χ0n) is 14.7. The first-order valence-electron chi connectivity index (χ1n) is 7.62. The summed E-state index contributed by atoms with van der Waals surface area (Å²) in [4.78, 5) is 20.5. The van der Waals surface area contributed by atoms with Gasteiger partial charge in [0.05, 0.1) is 16.4 Å². The summed E-state index contributed by atoms with van der Waals surface area (Å²) < 4.78 is 5.20. The average molecular weight is 383 g/mol. The number of pyridine rings is 2. The van der Waals surface area contributed by atoms with Crippen LogP contribution in [0.25, 0.3) is 0 Å². The minimum atomic E-state index is -0.597. The van der Waals surface area contributed by atoms with E-state index in [-0.39, 0.29) is 0 Å². The number of nitrogens with one attached hydrogen (secondary N) is 2. The van der Waals surface area contributed by atoms with Crippen molar-refractivity contribution in [3.8, 4) is 0 Å². The van der Waals surface area contributed by atoms with Crippen molar-refractivity contribution in [2.24, 2.45) is 0 Å². The molecule has 0 aliphatic rings. The molecule has 0 aromatic carbocycles. The summed E-state index contributed by atoms with van der Waals surface area (Å²) >= 11 is 12.4. The maximum Gasteiger partial charge on any atom is 0.413 e. The molecule has 2 aromatic heterocycles. The van der Waals surface area contributed by atoms with Crippen molar-refractivity contribution in [1.82, 2.24) is 9.97 Å². The Morgan fingerprint density at radius 2 is 1.76 bits per heavy atom. The topological polar surface area (TPSA) is 76.1 Å². The molecule has 0 saturated carbocycles. The van der Waals surface area contributed by atoms with E-state index in [1.807, 2.05) is 6.92 Å². The van der Waals surface area contributed by atoms with Crippen molar-refractivity contribution in [3.05, 3.63) is 39.6 Å².